The number of aromatic nitrogens is 5. The van der Waals surface area contributed by atoms with Crippen molar-refractivity contribution >= 4 is 38.6 Å². The van der Waals surface area contributed by atoms with Gasteiger partial charge in [0.05, 0.1) is 10.9 Å². The molecule has 0 bridgehead atoms. The summed E-state index contributed by atoms with van der Waals surface area (Å²) in [5.74, 6) is -3.48. The Morgan fingerprint density at radius 2 is 2.08 bits per heavy atom. The van der Waals surface area contributed by atoms with Crippen LogP contribution in [-0.4, -0.2) is 30.6 Å². The third kappa shape index (κ3) is 3.55. The second-order valence-electron chi connectivity index (χ2n) is 5.75. The van der Waals surface area contributed by atoms with Gasteiger partial charge in [0.2, 0.25) is 11.7 Å². The molecule has 0 aliphatic rings. The Bertz CT molecular complexity index is 998. The van der Waals surface area contributed by atoms with E-state index in [1.165, 1.54) is 17.8 Å². The zero-order chi connectivity index (χ0) is 19.1. The Labute approximate surface area is 156 Å². The Hall–Kier alpha value is -2.49. The predicted molar refractivity (Wildman–Crippen MR) is 95.4 cm³/mol. The maximum absolute atomic E-state index is 13.8. The zero-order valence-corrected chi connectivity index (χ0v) is 15.8. The summed E-state index contributed by atoms with van der Waals surface area (Å²) in [5, 5.41) is 7.56. The fourth-order valence-electron chi connectivity index (χ4n) is 2.37. The van der Waals surface area contributed by atoms with Crippen molar-refractivity contribution in [3.05, 3.63) is 34.5 Å². The van der Waals surface area contributed by atoms with E-state index in [0.29, 0.717) is 33.4 Å². The lowest BCUT2D eigenvalue weighted by atomic mass is 10.2. The van der Waals surface area contributed by atoms with Crippen LogP contribution in [0, 0.1) is 0 Å². The molecular weight excluding hydrogens is 410 g/mol. The lowest BCUT2D eigenvalue weighted by Crippen LogP contribution is -2.16. The average Bonchev–Trinajstić information content (AvgIpc) is 2.89. The van der Waals surface area contributed by atoms with Crippen molar-refractivity contribution in [2.24, 2.45) is 0 Å². The molecule has 0 radical (unpaired) electrons. The van der Waals surface area contributed by atoms with E-state index in [1.807, 2.05) is 6.92 Å². The van der Waals surface area contributed by atoms with Crippen molar-refractivity contribution in [1.29, 1.82) is 0 Å². The van der Waals surface area contributed by atoms with Gasteiger partial charge < -0.3 is 5.32 Å². The molecule has 0 saturated heterocycles. The number of nitrogens with zero attached hydrogens (tertiary/aromatic N) is 5. The summed E-state index contributed by atoms with van der Waals surface area (Å²) < 4.78 is 29.4. The smallest absolute Gasteiger partial charge is 0.303 e. The molecule has 3 aromatic rings. The molecule has 0 saturated carbocycles. The van der Waals surface area contributed by atoms with E-state index >= 15 is 0 Å². The molecule has 7 nitrogen and oxygen atoms in total. The van der Waals surface area contributed by atoms with Gasteiger partial charge in [0.15, 0.2) is 5.82 Å². The standard InChI is InChI=1S/C16H15BrF2N6O/c1-4-9-5-13(23-15(22-9)16(3,18)19)25-11-6-12(21-8(2)26)20-7-10(11)14(17)24-25/h5-7H,4H2,1-3H3,(H,20,21,26). The maximum Gasteiger partial charge on any atom is 0.303 e. The molecule has 0 atom stereocenters. The normalized spacial score (nSPS) is 11.8. The third-order valence-corrected chi connectivity index (χ3v) is 4.15. The van der Waals surface area contributed by atoms with E-state index < -0.39 is 11.7 Å². The minimum atomic E-state index is -3.18. The molecule has 0 aliphatic heterocycles. The predicted octanol–water partition coefficient (Wildman–Crippen LogP) is 3.61. The summed E-state index contributed by atoms with van der Waals surface area (Å²) in [6.07, 6.45) is 2.00. The van der Waals surface area contributed by atoms with Gasteiger partial charge in [-0.3, -0.25) is 4.79 Å². The van der Waals surface area contributed by atoms with Gasteiger partial charge in [-0.25, -0.2) is 19.6 Å². The number of alkyl halides is 2. The van der Waals surface area contributed by atoms with Gasteiger partial charge >= 0.3 is 5.92 Å². The highest BCUT2D eigenvalue weighted by molar-refractivity contribution is 9.10. The van der Waals surface area contributed by atoms with E-state index in [4.69, 9.17) is 0 Å². The van der Waals surface area contributed by atoms with Crippen molar-refractivity contribution in [2.45, 2.75) is 33.1 Å². The first-order chi connectivity index (χ1) is 12.2. The molecule has 0 fully saturated rings. The molecule has 0 unspecified atom stereocenters. The first kappa shape index (κ1) is 18.3. The first-order valence-corrected chi connectivity index (χ1v) is 8.57. The Morgan fingerprint density at radius 3 is 2.69 bits per heavy atom. The van der Waals surface area contributed by atoms with Crippen LogP contribution >= 0.6 is 15.9 Å². The second-order valence-corrected chi connectivity index (χ2v) is 6.50. The number of aryl methyl sites for hydroxylation is 1. The summed E-state index contributed by atoms with van der Waals surface area (Å²) >= 11 is 3.33. The number of hydrogen-bond donors (Lipinski definition) is 1. The van der Waals surface area contributed by atoms with Crippen molar-refractivity contribution in [1.82, 2.24) is 24.7 Å². The molecule has 0 spiro atoms. The summed E-state index contributed by atoms with van der Waals surface area (Å²) in [7, 11) is 0. The average molecular weight is 425 g/mol. The molecule has 0 aliphatic carbocycles. The van der Waals surface area contributed by atoms with Crippen molar-refractivity contribution < 1.29 is 13.6 Å². The van der Waals surface area contributed by atoms with Crippen molar-refractivity contribution in [3.8, 4) is 5.82 Å². The van der Waals surface area contributed by atoms with E-state index in [9.17, 15) is 13.6 Å². The van der Waals surface area contributed by atoms with Crippen molar-refractivity contribution in [2.75, 3.05) is 5.32 Å². The number of halogens is 3. The van der Waals surface area contributed by atoms with E-state index in [0.717, 1.165) is 6.92 Å². The topological polar surface area (TPSA) is 85.6 Å². The van der Waals surface area contributed by atoms with Crippen LogP contribution in [0.25, 0.3) is 16.7 Å². The SMILES string of the molecule is CCc1cc(-n2nc(Br)c3cnc(NC(C)=O)cc32)nc(C(C)(F)F)n1. The summed E-state index contributed by atoms with van der Waals surface area (Å²) in [6.45, 7) is 3.94. The molecule has 3 heterocycles. The fourth-order valence-corrected chi connectivity index (χ4v) is 2.83. The van der Waals surface area contributed by atoms with Crippen LogP contribution in [-0.2, 0) is 17.1 Å². The highest BCUT2D eigenvalue weighted by Crippen LogP contribution is 2.29. The van der Waals surface area contributed by atoms with Gasteiger partial charge in [0.25, 0.3) is 0 Å². The zero-order valence-electron chi connectivity index (χ0n) is 14.2. The van der Waals surface area contributed by atoms with E-state index in [1.54, 1.807) is 12.1 Å². The highest BCUT2D eigenvalue weighted by Gasteiger charge is 2.29. The molecule has 136 valence electrons. The second kappa shape index (κ2) is 6.67. The minimum absolute atomic E-state index is 0.212. The van der Waals surface area contributed by atoms with Crippen LogP contribution in [0.5, 0.6) is 0 Å². The van der Waals surface area contributed by atoms with Gasteiger partial charge in [-0.1, -0.05) is 6.92 Å². The fraction of sp³-hybridized carbons (Fsp3) is 0.312. The van der Waals surface area contributed by atoms with Crippen LogP contribution in [0.1, 0.15) is 32.3 Å². The number of carbonyl (C=O) groups excluding carboxylic acids is 1. The molecule has 26 heavy (non-hydrogen) atoms. The third-order valence-electron chi connectivity index (χ3n) is 3.56. The minimum Gasteiger partial charge on any atom is -0.311 e. The van der Waals surface area contributed by atoms with Gasteiger partial charge in [0, 0.05) is 37.9 Å². The molecular formula is C16H15BrF2N6O. The van der Waals surface area contributed by atoms with Crippen molar-refractivity contribution in [3.63, 3.8) is 0 Å². The highest BCUT2D eigenvalue weighted by atomic mass is 79.9. The summed E-state index contributed by atoms with van der Waals surface area (Å²) in [4.78, 5) is 23.3. The van der Waals surface area contributed by atoms with Gasteiger partial charge in [-0.2, -0.15) is 13.9 Å². The Morgan fingerprint density at radius 1 is 1.35 bits per heavy atom. The van der Waals surface area contributed by atoms with E-state index in [2.05, 4.69) is 41.3 Å². The van der Waals surface area contributed by atoms with Crippen LogP contribution in [0.3, 0.4) is 0 Å². The number of anilines is 1. The van der Waals surface area contributed by atoms with Crippen LogP contribution in [0.2, 0.25) is 0 Å². The molecule has 1 amide bonds. The number of nitrogens with one attached hydrogen (secondary N) is 1. The largest absolute Gasteiger partial charge is 0.311 e. The molecule has 3 aromatic heterocycles. The van der Waals surface area contributed by atoms with Crippen LogP contribution in [0.4, 0.5) is 14.6 Å². The summed E-state index contributed by atoms with van der Waals surface area (Å²) in [5.41, 5.74) is 1.03. The number of fused-ring (bicyclic) bond motifs is 1. The van der Waals surface area contributed by atoms with Gasteiger partial charge in [-0.05, 0) is 22.4 Å². The number of amides is 1. The number of pyridine rings is 1. The summed E-state index contributed by atoms with van der Waals surface area (Å²) in [6, 6.07) is 3.21. The van der Waals surface area contributed by atoms with Gasteiger partial charge in [0.1, 0.15) is 10.4 Å². The molecule has 1 N–H and O–H groups in total. The van der Waals surface area contributed by atoms with Crippen LogP contribution < -0.4 is 5.32 Å². The maximum atomic E-state index is 13.8. The Kier molecular flexibility index (Phi) is 4.70. The molecule has 10 heteroatoms. The number of rotatable bonds is 4. The molecule has 3 rings (SSSR count). The monoisotopic (exact) mass is 424 g/mol. The van der Waals surface area contributed by atoms with E-state index in [-0.39, 0.29) is 11.7 Å². The molecule has 0 aromatic carbocycles. The van der Waals surface area contributed by atoms with Gasteiger partial charge in [-0.15, -0.1) is 0 Å². The lowest BCUT2D eigenvalue weighted by Gasteiger charge is -2.12. The van der Waals surface area contributed by atoms with Crippen LogP contribution in [0.15, 0.2) is 22.9 Å². The quantitative estimate of drug-likeness (QED) is 0.691. The number of hydrogen-bond acceptors (Lipinski definition) is 5. The lowest BCUT2D eigenvalue weighted by molar-refractivity contribution is -0.114. The number of carbonyl (C=O) groups is 1. The first-order valence-electron chi connectivity index (χ1n) is 7.77. The Balaban J connectivity index is 2.23.